The van der Waals surface area contributed by atoms with Crippen LogP contribution in [-0.4, -0.2) is 42.8 Å². The molecule has 0 unspecified atom stereocenters. The SMILES string of the molecule is C=N.COc1cc(C(=O)N2CCCCC2)ccc1O. The zero-order valence-electron chi connectivity index (χ0n) is 11.2. The van der Waals surface area contributed by atoms with E-state index in [1.807, 2.05) is 4.90 Å². The second-order valence-corrected chi connectivity index (χ2v) is 4.24. The number of hydrogen-bond acceptors (Lipinski definition) is 4. The molecule has 0 bridgehead atoms. The van der Waals surface area contributed by atoms with Gasteiger partial charge in [0.05, 0.1) is 7.11 Å². The Kier molecular flexibility index (Phi) is 5.85. The zero-order chi connectivity index (χ0) is 14.3. The molecule has 1 aliphatic rings. The number of rotatable bonds is 2. The Morgan fingerprint density at radius 2 is 1.95 bits per heavy atom. The number of hydrogen-bond donors (Lipinski definition) is 2. The normalized spacial score (nSPS) is 14.3. The third-order valence-electron chi connectivity index (χ3n) is 3.07. The van der Waals surface area contributed by atoms with Gasteiger partial charge in [-0.05, 0) is 44.2 Å². The number of nitrogens with zero attached hydrogens (tertiary/aromatic N) is 1. The molecular formula is C14H20N2O3. The Bertz CT molecular complexity index is 429. The van der Waals surface area contributed by atoms with E-state index >= 15 is 0 Å². The summed E-state index contributed by atoms with van der Waals surface area (Å²) in [5.41, 5.74) is 0.571. The lowest BCUT2D eigenvalue weighted by atomic mass is 10.1. The van der Waals surface area contributed by atoms with Gasteiger partial charge in [-0.25, -0.2) is 0 Å². The number of carbonyl (C=O) groups excluding carboxylic acids is 1. The molecular weight excluding hydrogens is 244 g/mol. The highest BCUT2D eigenvalue weighted by Gasteiger charge is 2.19. The summed E-state index contributed by atoms with van der Waals surface area (Å²) in [7, 11) is 1.48. The standard InChI is InChI=1S/C13H17NO3.CH3N/c1-17-12-9-10(5-6-11(12)15)13(16)14-7-3-2-4-8-14;1-2/h5-6,9,15H,2-4,7-8H2,1H3;2H,1H2. The summed E-state index contributed by atoms with van der Waals surface area (Å²) in [6.07, 6.45) is 3.34. The van der Waals surface area contributed by atoms with Crippen LogP contribution in [0.15, 0.2) is 18.2 Å². The minimum atomic E-state index is 0.0167. The van der Waals surface area contributed by atoms with Crippen molar-refractivity contribution in [1.82, 2.24) is 4.90 Å². The molecule has 0 aliphatic carbocycles. The largest absolute Gasteiger partial charge is 0.504 e. The second-order valence-electron chi connectivity index (χ2n) is 4.24. The molecule has 0 radical (unpaired) electrons. The number of phenols is 1. The number of methoxy groups -OCH3 is 1. The molecule has 2 N–H and O–H groups in total. The number of aromatic hydroxyl groups is 1. The zero-order valence-corrected chi connectivity index (χ0v) is 11.2. The molecule has 1 aromatic rings. The van der Waals surface area contributed by atoms with Crippen LogP contribution in [0, 0.1) is 5.41 Å². The summed E-state index contributed by atoms with van der Waals surface area (Å²) in [6, 6.07) is 4.72. The van der Waals surface area contributed by atoms with E-state index in [1.165, 1.54) is 19.6 Å². The van der Waals surface area contributed by atoms with Crippen LogP contribution in [0.3, 0.4) is 0 Å². The molecule has 1 heterocycles. The summed E-state index contributed by atoms with van der Waals surface area (Å²) in [5.74, 6) is 0.415. The van der Waals surface area contributed by atoms with E-state index in [9.17, 15) is 9.90 Å². The van der Waals surface area contributed by atoms with Gasteiger partial charge in [-0.15, -0.1) is 0 Å². The lowest BCUT2D eigenvalue weighted by Gasteiger charge is -2.26. The van der Waals surface area contributed by atoms with Crippen LogP contribution in [0.25, 0.3) is 0 Å². The van der Waals surface area contributed by atoms with Crippen molar-refractivity contribution in [2.45, 2.75) is 19.3 Å². The fraction of sp³-hybridized carbons (Fsp3) is 0.429. The minimum Gasteiger partial charge on any atom is -0.504 e. The van der Waals surface area contributed by atoms with E-state index in [-0.39, 0.29) is 11.7 Å². The van der Waals surface area contributed by atoms with E-state index in [1.54, 1.807) is 12.1 Å². The summed E-state index contributed by atoms with van der Waals surface area (Å²) in [4.78, 5) is 14.0. The molecule has 1 fully saturated rings. The highest BCUT2D eigenvalue weighted by molar-refractivity contribution is 5.95. The lowest BCUT2D eigenvalue weighted by Crippen LogP contribution is -2.35. The molecule has 0 saturated carbocycles. The van der Waals surface area contributed by atoms with Gasteiger partial charge in [0.1, 0.15) is 0 Å². The molecule has 0 aromatic heterocycles. The number of carbonyl (C=O) groups is 1. The molecule has 0 spiro atoms. The number of benzene rings is 1. The van der Waals surface area contributed by atoms with Crippen molar-refractivity contribution >= 4 is 12.6 Å². The molecule has 5 heteroatoms. The Balaban J connectivity index is 0.000000861. The van der Waals surface area contributed by atoms with Crippen LogP contribution in [0.1, 0.15) is 29.6 Å². The predicted octanol–water partition coefficient (Wildman–Crippen LogP) is 2.29. The fourth-order valence-electron chi connectivity index (χ4n) is 2.09. The number of piperidine rings is 1. The van der Waals surface area contributed by atoms with Gasteiger partial charge in [0, 0.05) is 18.7 Å². The molecule has 1 aromatic carbocycles. The molecule has 2 rings (SSSR count). The van der Waals surface area contributed by atoms with Crippen molar-refractivity contribution in [3.05, 3.63) is 23.8 Å². The lowest BCUT2D eigenvalue weighted by molar-refractivity contribution is 0.0724. The molecule has 1 amide bonds. The van der Waals surface area contributed by atoms with E-state index < -0.39 is 0 Å². The fourth-order valence-corrected chi connectivity index (χ4v) is 2.09. The van der Waals surface area contributed by atoms with Crippen LogP contribution in [0.2, 0.25) is 0 Å². The van der Waals surface area contributed by atoms with Crippen molar-refractivity contribution in [3.63, 3.8) is 0 Å². The second kappa shape index (κ2) is 7.41. The maximum absolute atomic E-state index is 12.2. The Morgan fingerprint density at radius 1 is 1.32 bits per heavy atom. The van der Waals surface area contributed by atoms with Crippen LogP contribution < -0.4 is 4.74 Å². The Labute approximate surface area is 113 Å². The first kappa shape index (κ1) is 15.0. The summed E-state index contributed by atoms with van der Waals surface area (Å²) in [6.45, 7) is 4.14. The highest BCUT2D eigenvalue weighted by Crippen LogP contribution is 2.27. The molecule has 19 heavy (non-hydrogen) atoms. The van der Waals surface area contributed by atoms with Gasteiger partial charge in [0.2, 0.25) is 0 Å². The first-order valence-corrected chi connectivity index (χ1v) is 6.24. The van der Waals surface area contributed by atoms with Gasteiger partial charge < -0.3 is 20.2 Å². The predicted molar refractivity (Wildman–Crippen MR) is 74.3 cm³/mol. The van der Waals surface area contributed by atoms with Crippen molar-refractivity contribution in [3.8, 4) is 11.5 Å². The molecule has 0 atom stereocenters. The first-order valence-electron chi connectivity index (χ1n) is 6.24. The number of nitrogens with one attached hydrogen (secondary N) is 1. The quantitative estimate of drug-likeness (QED) is 0.805. The smallest absolute Gasteiger partial charge is 0.253 e. The van der Waals surface area contributed by atoms with Gasteiger partial charge in [0.25, 0.3) is 5.91 Å². The van der Waals surface area contributed by atoms with Crippen molar-refractivity contribution in [2.24, 2.45) is 0 Å². The Hall–Kier alpha value is -2.04. The van der Waals surface area contributed by atoms with Crippen LogP contribution in [0.5, 0.6) is 11.5 Å². The van der Waals surface area contributed by atoms with Gasteiger partial charge in [-0.2, -0.15) is 0 Å². The average Bonchev–Trinajstić information content (AvgIpc) is 2.50. The van der Waals surface area contributed by atoms with Crippen LogP contribution >= 0.6 is 0 Å². The van der Waals surface area contributed by atoms with Crippen molar-refractivity contribution < 1.29 is 14.6 Å². The maximum Gasteiger partial charge on any atom is 0.253 e. The van der Waals surface area contributed by atoms with Gasteiger partial charge in [-0.1, -0.05) is 0 Å². The van der Waals surface area contributed by atoms with E-state index in [2.05, 4.69) is 6.72 Å². The molecule has 104 valence electrons. The molecule has 1 aliphatic heterocycles. The topological polar surface area (TPSA) is 73.6 Å². The summed E-state index contributed by atoms with van der Waals surface area (Å²) in [5, 5.41) is 15.0. The average molecular weight is 264 g/mol. The van der Waals surface area contributed by atoms with E-state index in [0.717, 1.165) is 25.9 Å². The number of phenolic OH excluding ortho intramolecular Hbond substituents is 1. The number of likely N-dealkylation sites (tertiary alicyclic amines) is 1. The maximum atomic E-state index is 12.2. The number of amides is 1. The molecule has 1 saturated heterocycles. The third-order valence-corrected chi connectivity index (χ3v) is 3.07. The van der Waals surface area contributed by atoms with Gasteiger partial charge in [-0.3, -0.25) is 4.79 Å². The third kappa shape index (κ3) is 3.71. The molecule has 5 nitrogen and oxygen atoms in total. The van der Waals surface area contributed by atoms with Gasteiger partial charge >= 0.3 is 0 Å². The Morgan fingerprint density at radius 3 is 2.53 bits per heavy atom. The summed E-state index contributed by atoms with van der Waals surface area (Å²) >= 11 is 0. The van der Waals surface area contributed by atoms with E-state index in [4.69, 9.17) is 10.1 Å². The summed E-state index contributed by atoms with van der Waals surface area (Å²) < 4.78 is 5.00. The van der Waals surface area contributed by atoms with Crippen molar-refractivity contribution in [1.29, 1.82) is 5.41 Å². The monoisotopic (exact) mass is 264 g/mol. The number of ether oxygens (including phenoxy) is 1. The van der Waals surface area contributed by atoms with Gasteiger partial charge in [0.15, 0.2) is 11.5 Å². The highest BCUT2D eigenvalue weighted by atomic mass is 16.5. The van der Waals surface area contributed by atoms with Crippen molar-refractivity contribution in [2.75, 3.05) is 20.2 Å². The first-order chi connectivity index (χ1) is 9.22. The van der Waals surface area contributed by atoms with E-state index in [0.29, 0.717) is 11.3 Å². The van der Waals surface area contributed by atoms with Crippen LogP contribution in [-0.2, 0) is 0 Å². The van der Waals surface area contributed by atoms with Crippen LogP contribution in [0.4, 0.5) is 0 Å². The minimum absolute atomic E-state index is 0.0167.